The van der Waals surface area contributed by atoms with Crippen molar-refractivity contribution in [1.29, 1.82) is 0 Å². The van der Waals surface area contributed by atoms with E-state index in [0.717, 1.165) is 4.31 Å². The SMILES string of the molecule is CC(=O)NCCN(C(C)C(=O)O)S(=O)(=O)c1ccc(Br)cn1. The van der Waals surface area contributed by atoms with Crippen molar-refractivity contribution >= 4 is 37.8 Å². The molecule has 0 aliphatic carbocycles. The maximum absolute atomic E-state index is 12.5. The monoisotopic (exact) mass is 393 g/mol. The summed E-state index contributed by atoms with van der Waals surface area (Å²) in [7, 11) is -4.09. The van der Waals surface area contributed by atoms with Gasteiger partial charge in [0.15, 0.2) is 5.03 Å². The molecular formula is C12H16BrN3O5S. The summed E-state index contributed by atoms with van der Waals surface area (Å²) in [6.07, 6.45) is 1.31. The van der Waals surface area contributed by atoms with Gasteiger partial charge in [-0.15, -0.1) is 0 Å². The first kappa shape index (κ1) is 18.5. The zero-order chi connectivity index (χ0) is 16.9. The number of carboxylic acids is 1. The molecule has 10 heteroatoms. The average molecular weight is 394 g/mol. The van der Waals surface area contributed by atoms with Crippen molar-refractivity contribution in [3.63, 3.8) is 0 Å². The molecule has 0 radical (unpaired) electrons. The zero-order valence-electron chi connectivity index (χ0n) is 12.0. The summed E-state index contributed by atoms with van der Waals surface area (Å²) in [5.74, 6) is -1.62. The topological polar surface area (TPSA) is 117 Å². The first-order chi connectivity index (χ1) is 10.2. The number of carbonyl (C=O) groups is 2. The maximum Gasteiger partial charge on any atom is 0.321 e. The van der Waals surface area contributed by atoms with Crippen molar-refractivity contribution in [1.82, 2.24) is 14.6 Å². The van der Waals surface area contributed by atoms with Crippen LogP contribution in [0.25, 0.3) is 0 Å². The Labute approximate surface area is 136 Å². The fourth-order valence-corrected chi connectivity index (χ4v) is 3.36. The predicted octanol–water partition coefficient (Wildman–Crippen LogP) is 0.444. The summed E-state index contributed by atoms with van der Waals surface area (Å²) >= 11 is 3.15. The van der Waals surface area contributed by atoms with Gasteiger partial charge in [0.1, 0.15) is 6.04 Å². The van der Waals surface area contributed by atoms with Crippen LogP contribution in [0.4, 0.5) is 0 Å². The van der Waals surface area contributed by atoms with E-state index < -0.39 is 22.0 Å². The Hall–Kier alpha value is -1.52. The van der Waals surface area contributed by atoms with Gasteiger partial charge in [-0.25, -0.2) is 13.4 Å². The van der Waals surface area contributed by atoms with Gasteiger partial charge in [-0.05, 0) is 35.0 Å². The molecule has 1 aromatic heterocycles. The Kier molecular flexibility index (Phi) is 6.45. The van der Waals surface area contributed by atoms with Gasteiger partial charge >= 0.3 is 5.97 Å². The van der Waals surface area contributed by atoms with Gasteiger partial charge in [-0.1, -0.05) is 0 Å². The smallest absolute Gasteiger partial charge is 0.321 e. The van der Waals surface area contributed by atoms with Crippen molar-refractivity contribution < 1.29 is 23.1 Å². The van der Waals surface area contributed by atoms with Gasteiger partial charge in [-0.3, -0.25) is 9.59 Å². The predicted molar refractivity (Wildman–Crippen MR) is 81.6 cm³/mol. The number of nitrogens with one attached hydrogen (secondary N) is 1. The normalized spacial score (nSPS) is 12.9. The molecule has 1 rings (SSSR count). The molecule has 8 nitrogen and oxygen atoms in total. The minimum Gasteiger partial charge on any atom is -0.480 e. The number of amides is 1. The Morgan fingerprint density at radius 1 is 1.45 bits per heavy atom. The van der Waals surface area contributed by atoms with Gasteiger partial charge in [0.25, 0.3) is 10.0 Å². The summed E-state index contributed by atoms with van der Waals surface area (Å²) in [4.78, 5) is 25.8. The van der Waals surface area contributed by atoms with Crippen molar-refractivity contribution in [2.75, 3.05) is 13.1 Å². The summed E-state index contributed by atoms with van der Waals surface area (Å²) in [5.41, 5.74) is 0. The lowest BCUT2D eigenvalue weighted by atomic mass is 10.3. The molecule has 22 heavy (non-hydrogen) atoms. The molecule has 1 amide bonds. The number of rotatable bonds is 7. The van der Waals surface area contributed by atoms with E-state index in [2.05, 4.69) is 26.2 Å². The molecule has 2 N–H and O–H groups in total. The molecule has 1 aromatic rings. The molecule has 0 saturated carbocycles. The molecule has 0 spiro atoms. The molecule has 122 valence electrons. The minimum atomic E-state index is -4.09. The summed E-state index contributed by atoms with van der Waals surface area (Å²) < 4.78 is 26.5. The minimum absolute atomic E-state index is 0.00269. The third-order valence-electron chi connectivity index (χ3n) is 2.77. The van der Waals surface area contributed by atoms with Gasteiger partial charge in [0.2, 0.25) is 5.91 Å². The number of hydrogen-bond donors (Lipinski definition) is 2. The van der Waals surface area contributed by atoms with E-state index in [1.807, 2.05) is 0 Å². The molecule has 0 saturated heterocycles. The Morgan fingerprint density at radius 3 is 2.55 bits per heavy atom. The Morgan fingerprint density at radius 2 is 2.09 bits per heavy atom. The first-order valence-electron chi connectivity index (χ1n) is 6.27. The van der Waals surface area contributed by atoms with Crippen LogP contribution in [0.5, 0.6) is 0 Å². The molecule has 1 heterocycles. The number of carboxylic acid groups (broad SMARTS) is 1. The lowest BCUT2D eigenvalue weighted by Gasteiger charge is -2.25. The van der Waals surface area contributed by atoms with Crippen LogP contribution in [-0.2, 0) is 19.6 Å². The number of aliphatic carboxylic acids is 1. The van der Waals surface area contributed by atoms with Crippen LogP contribution in [0.3, 0.4) is 0 Å². The van der Waals surface area contributed by atoms with Crippen LogP contribution in [0.2, 0.25) is 0 Å². The van der Waals surface area contributed by atoms with Crippen LogP contribution >= 0.6 is 15.9 Å². The summed E-state index contributed by atoms with van der Waals surface area (Å²) in [5, 5.41) is 11.3. The van der Waals surface area contributed by atoms with E-state index in [4.69, 9.17) is 5.11 Å². The molecular weight excluding hydrogens is 378 g/mol. The number of carbonyl (C=O) groups excluding carboxylic acids is 1. The van der Waals surface area contributed by atoms with E-state index in [0.29, 0.717) is 4.47 Å². The highest BCUT2D eigenvalue weighted by Crippen LogP contribution is 2.18. The zero-order valence-corrected chi connectivity index (χ0v) is 14.4. The Balaban J connectivity index is 3.09. The second kappa shape index (κ2) is 7.65. The summed E-state index contributed by atoms with van der Waals surface area (Å²) in [6, 6.07) is 1.49. The van der Waals surface area contributed by atoms with Gasteiger partial charge in [0, 0.05) is 30.7 Å². The molecule has 0 aliphatic rings. The number of pyridine rings is 1. The highest BCUT2D eigenvalue weighted by atomic mass is 79.9. The van der Waals surface area contributed by atoms with Crippen LogP contribution < -0.4 is 5.32 Å². The van der Waals surface area contributed by atoms with E-state index in [1.165, 1.54) is 32.2 Å². The molecule has 0 fully saturated rings. The second-order valence-corrected chi connectivity index (χ2v) is 7.18. The summed E-state index contributed by atoms with van der Waals surface area (Å²) in [6.45, 7) is 2.37. The highest BCUT2D eigenvalue weighted by Gasteiger charge is 2.33. The van der Waals surface area contributed by atoms with E-state index in [1.54, 1.807) is 0 Å². The molecule has 0 aromatic carbocycles. The van der Waals surface area contributed by atoms with E-state index >= 15 is 0 Å². The lowest BCUT2D eigenvalue weighted by molar-refractivity contribution is -0.140. The van der Waals surface area contributed by atoms with Gasteiger partial charge in [-0.2, -0.15) is 4.31 Å². The highest BCUT2D eigenvalue weighted by molar-refractivity contribution is 9.10. The largest absolute Gasteiger partial charge is 0.480 e. The molecule has 0 aliphatic heterocycles. The fourth-order valence-electron chi connectivity index (χ4n) is 1.62. The molecule has 1 unspecified atom stereocenters. The average Bonchev–Trinajstić information content (AvgIpc) is 2.42. The molecule has 1 atom stereocenters. The number of nitrogens with zero attached hydrogens (tertiary/aromatic N) is 2. The molecule has 0 bridgehead atoms. The quantitative estimate of drug-likeness (QED) is 0.694. The number of hydrogen-bond acceptors (Lipinski definition) is 5. The van der Waals surface area contributed by atoms with Crippen LogP contribution in [-0.4, -0.2) is 53.8 Å². The number of aromatic nitrogens is 1. The van der Waals surface area contributed by atoms with E-state index in [9.17, 15) is 18.0 Å². The van der Waals surface area contributed by atoms with Crippen LogP contribution in [0.15, 0.2) is 27.8 Å². The van der Waals surface area contributed by atoms with E-state index in [-0.39, 0.29) is 24.0 Å². The Bertz CT molecular complexity index is 647. The second-order valence-electron chi connectivity index (χ2n) is 4.43. The van der Waals surface area contributed by atoms with Crippen molar-refractivity contribution in [3.05, 3.63) is 22.8 Å². The van der Waals surface area contributed by atoms with Crippen molar-refractivity contribution in [3.8, 4) is 0 Å². The standard InChI is InChI=1S/C12H16BrN3O5S/c1-8(12(18)19)16(6-5-14-9(2)17)22(20,21)11-4-3-10(13)7-15-11/h3-4,7-8H,5-6H2,1-2H3,(H,14,17)(H,18,19). The number of sulfonamides is 1. The van der Waals surface area contributed by atoms with Crippen molar-refractivity contribution in [2.24, 2.45) is 0 Å². The third-order valence-corrected chi connectivity index (χ3v) is 5.12. The third kappa shape index (κ3) is 4.75. The fraction of sp³-hybridized carbons (Fsp3) is 0.417. The van der Waals surface area contributed by atoms with Crippen molar-refractivity contribution in [2.45, 2.75) is 24.9 Å². The van der Waals surface area contributed by atoms with Gasteiger partial charge < -0.3 is 10.4 Å². The van der Waals surface area contributed by atoms with Crippen LogP contribution in [0, 0.1) is 0 Å². The number of halogens is 1. The lowest BCUT2D eigenvalue weighted by Crippen LogP contribution is -2.46. The first-order valence-corrected chi connectivity index (χ1v) is 8.50. The van der Waals surface area contributed by atoms with Gasteiger partial charge in [0.05, 0.1) is 0 Å². The maximum atomic E-state index is 12.5. The van der Waals surface area contributed by atoms with Crippen LogP contribution in [0.1, 0.15) is 13.8 Å².